The summed E-state index contributed by atoms with van der Waals surface area (Å²) >= 11 is 0. The lowest BCUT2D eigenvalue weighted by atomic mass is 9.94. The summed E-state index contributed by atoms with van der Waals surface area (Å²) in [5, 5.41) is 12.0. The number of nitrogens with zero attached hydrogens (tertiary/aromatic N) is 6. The van der Waals surface area contributed by atoms with E-state index >= 15 is 4.39 Å². The molecule has 0 spiro atoms. The molecule has 3 saturated heterocycles. The highest BCUT2D eigenvalue weighted by atomic mass is 19.1. The molecule has 9 nitrogen and oxygen atoms in total. The van der Waals surface area contributed by atoms with E-state index in [1.165, 1.54) is 10.5 Å². The number of halogens is 2. The van der Waals surface area contributed by atoms with E-state index in [2.05, 4.69) is 27.0 Å². The number of likely N-dealkylation sites (tertiary alicyclic amines) is 1. The average molecular weight is 615 g/mol. The van der Waals surface area contributed by atoms with Gasteiger partial charge in [0.1, 0.15) is 29.8 Å². The van der Waals surface area contributed by atoms with Gasteiger partial charge >= 0.3 is 12.1 Å². The Balaban J connectivity index is 1.23. The van der Waals surface area contributed by atoms with E-state index in [4.69, 9.17) is 9.72 Å². The largest absolute Gasteiger partial charge is 0.465 e. The predicted molar refractivity (Wildman–Crippen MR) is 167 cm³/mol. The van der Waals surface area contributed by atoms with Crippen LogP contribution in [-0.4, -0.2) is 93.5 Å². The first-order chi connectivity index (χ1) is 21.8. The van der Waals surface area contributed by atoms with Crippen LogP contribution in [0.2, 0.25) is 0 Å². The van der Waals surface area contributed by atoms with Gasteiger partial charge < -0.3 is 19.6 Å². The number of hydrogen-bond donors (Lipinski definition) is 1. The summed E-state index contributed by atoms with van der Waals surface area (Å²) in [7, 11) is 1.84. The molecule has 4 aromatic rings. The van der Waals surface area contributed by atoms with Crippen LogP contribution in [0.5, 0.6) is 6.01 Å². The minimum absolute atomic E-state index is 0.0219. The Hall–Kier alpha value is -4.12. The Morgan fingerprint density at radius 3 is 2.73 bits per heavy atom. The first-order valence-electron chi connectivity index (χ1n) is 15.9. The summed E-state index contributed by atoms with van der Waals surface area (Å²) in [5.74, 6) is 0.334. The van der Waals surface area contributed by atoms with Gasteiger partial charge in [-0.05, 0) is 60.9 Å². The fourth-order valence-corrected chi connectivity index (χ4v) is 7.90. The van der Waals surface area contributed by atoms with E-state index in [1.54, 1.807) is 6.20 Å². The highest BCUT2D eigenvalue weighted by Gasteiger charge is 2.49. The van der Waals surface area contributed by atoms with Gasteiger partial charge in [0.25, 0.3) is 0 Å². The smallest absolute Gasteiger partial charge is 0.407 e. The van der Waals surface area contributed by atoms with Crippen molar-refractivity contribution in [2.24, 2.45) is 0 Å². The molecule has 8 rings (SSSR count). The third-order valence-corrected chi connectivity index (χ3v) is 10.4. The lowest BCUT2D eigenvalue weighted by Crippen LogP contribution is -2.43. The van der Waals surface area contributed by atoms with E-state index < -0.39 is 23.6 Å². The van der Waals surface area contributed by atoms with Gasteiger partial charge in [0, 0.05) is 50.9 Å². The van der Waals surface area contributed by atoms with E-state index in [0.717, 1.165) is 48.6 Å². The summed E-state index contributed by atoms with van der Waals surface area (Å²) < 4.78 is 37.5. The number of carbonyl (C=O) groups is 1. The molecule has 2 aromatic carbocycles. The minimum Gasteiger partial charge on any atom is -0.465 e. The Bertz CT molecular complexity index is 1810. The second-order valence-corrected chi connectivity index (χ2v) is 13.2. The summed E-state index contributed by atoms with van der Waals surface area (Å²) in [4.78, 5) is 31.1. The predicted octanol–water partition coefficient (Wildman–Crippen LogP) is 6.01. The molecule has 1 amide bonds. The SMILES string of the molecule is CN(c1nc(OC[C@@]23CCCN2C[C@H](F)C3)nc2c(F)c(-c3cccc4cccc(C5CC5)c34)ncc12)[C@@H]1CCN(C(=O)O)C1. The van der Waals surface area contributed by atoms with Gasteiger partial charge in [-0.15, -0.1) is 0 Å². The number of carboxylic acid groups (broad SMARTS) is 1. The topological polar surface area (TPSA) is 94.9 Å². The zero-order chi connectivity index (χ0) is 30.9. The van der Waals surface area contributed by atoms with Crippen molar-refractivity contribution in [3.05, 3.63) is 54.0 Å². The van der Waals surface area contributed by atoms with Crippen LogP contribution in [-0.2, 0) is 0 Å². The monoisotopic (exact) mass is 614 g/mol. The molecule has 1 aliphatic carbocycles. The maximum Gasteiger partial charge on any atom is 0.407 e. The lowest BCUT2D eigenvalue weighted by molar-refractivity contribution is 0.107. The summed E-state index contributed by atoms with van der Waals surface area (Å²) in [6.45, 7) is 2.15. The summed E-state index contributed by atoms with van der Waals surface area (Å²) in [6, 6.07) is 12.0. The van der Waals surface area contributed by atoms with E-state index in [-0.39, 0.29) is 29.9 Å². The average Bonchev–Trinajstić information content (AvgIpc) is 3.49. The highest BCUT2D eigenvalue weighted by Crippen LogP contribution is 2.46. The van der Waals surface area contributed by atoms with E-state index in [9.17, 15) is 14.3 Å². The van der Waals surface area contributed by atoms with Gasteiger partial charge in [-0.1, -0.05) is 36.4 Å². The van der Waals surface area contributed by atoms with Crippen molar-refractivity contribution in [2.45, 2.75) is 62.2 Å². The van der Waals surface area contributed by atoms with Gasteiger partial charge in [-0.25, -0.2) is 13.6 Å². The molecule has 0 unspecified atom stereocenters. The molecule has 4 aliphatic rings. The Kier molecular flexibility index (Phi) is 6.78. The first-order valence-corrected chi connectivity index (χ1v) is 15.9. The lowest BCUT2D eigenvalue weighted by Gasteiger charge is -2.31. The number of pyridine rings is 1. The number of amides is 1. The van der Waals surface area contributed by atoms with Crippen molar-refractivity contribution >= 4 is 33.6 Å². The molecule has 0 bridgehead atoms. The van der Waals surface area contributed by atoms with E-state index in [1.807, 2.05) is 36.2 Å². The van der Waals surface area contributed by atoms with Crippen LogP contribution in [0.15, 0.2) is 42.6 Å². The third kappa shape index (κ3) is 4.83. The van der Waals surface area contributed by atoms with Crippen LogP contribution in [0.3, 0.4) is 0 Å². The Morgan fingerprint density at radius 2 is 1.96 bits per heavy atom. The minimum atomic E-state index is -0.969. The number of ether oxygens (including phenoxy) is 1. The van der Waals surface area contributed by atoms with Gasteiger partial charge in [-0.2, -0.15) is 9.97 Å². The van der Waals surface area contributed by atoms with Gasteiger partial charge in [0.05, 0.1) is 10.9 Å². The van der Waals surface area contributed by atoms with Crippen molar-refractivity contribution in [3.8, 4) is 17.3 Å². The number of rotatable bonds is 7. The highest BCUT2D eigenvalue weighted by molar-refractivity contribution is 6.01. The van der Waals surface area contributed by atoms with Crippen LogP contribution in [0.1, 0.15) is 50.0 Å². The van der Waals surface area contributed by atoms with Crippen LogP contribution < -0.4 is 9.64 Å². The molecule has 3 atom stereocenters. The van der Waals surface area contributed by atoms with Crippen molar-refractivity contribution in [3.63, 3.8) is 0 Å². The normalized spacial score (nSPS) is 24.9. The number of anilines is 1. The van der Waals surface area contributed by atoms with Crippen LogP contribution in [0, 0.1) is 5.82 Å². The number of fused-ring (bicyclic) bond motifs is 3. The zero-order valence-corrected chi connectivity index (χ0v) is 25.3. The van der Waals surface area contributed by atoms with Crippen molar-refractivity contribution in [2.75, 3.05) is 44.7 Å². The maximum absolute atomic E-state index is 16.8. The van der Waals surface area contributed by atoms with Crippen molar-refractivity contribution in [1.82, 2.24) is 24.8 Å². The molecular formula is C34H36F2N6O3. The first kappa shape index (κ1) is 28.4. The third-order valence-electron chi connectivity index (χ3n) is 10.4. The van der Waals surface area contributed by atoms with Crippen LogP contribution in [0.25, 0.3) is 32.9 Å². The number of likely N-dealkylation sites (N-methyl/N-ethyl adjacent to an activating group) is 1. The summed E-state index contributed by atoms with van der Waals surface area (Å²) in [5.41, 5.74) is 1.83. The molecule has 1 N–H and O–H groups in total. The van der Waals surface area contributed by atoms with E-state index in [0.29, 0.717) is 49.6 Å². The standard InChI is InChI=1S/C34H36F2N6O3/c1-40(23-11-14-41(18-23)33(43)44)31-26-16-37-29(25-8-3-6-21-5-2-7-24(27(21)25)20-9-10-20)28(36)30(26)38-32(39-31)45-19-34-12-4-13-42(34)17-22(35)15-34/h2-3,5-8,16,20,22-23H,4,9-15,17-19H2,1H3,(H,43,44)/t22-,23-,34+/m1/s1. The number of hydrogen-bond acceptors (Lipinski definition) is 7. The van der Waals surface area contributed by atoms with Crippen molar-refractivity contribution in [1.29, 1.82) is 0 Å². The molecular weight excluding hydrogens is 578 g/mol. The summed E-state index contributed by atoms with van der Waals surface area (Å²) in [6.07, 6.45) is 4.79. The molecule has 11 heteroatoms. The molecule has 234 valence electrons. The Labute approximate surface area is 259 Å². The molecule has 3 aliphatic heterocycles. The second-order valence-electron chi connectivity index (χ2n) is 13.2. The number of aromatic nitrogens is 3. The number of benzene rings is 2. The van der Waals surface area contributed by atoms with Crippen molar-refractivity contribution < 1.29 is 23.4 Å². The fourth-order valence-electron chi connectivity index (χ4n) is 7.90. The molecule has 2 aromatic heterocycles. The molecule has 4 fully saturated rings. The molecule has 45 heavy (non-hydrogen) atoms. The molecule has 5 heterocycles. The zero-order valence-electron chi connectivity index (χ0n) is 25.3. The molecule has 0 radical (unpaired) electrons. The Morgan fingerprint density at radius 1 is 1.13 bits per heavy atom. The van der Waals surface area contributed by atoms with Gasteiger partial charge in [-0.3, -0.25) is 9.88 Å². The maximum atomic E-state index is 16.8. The van der Waals surface area contributed by atoms with Crippen LogP contribution in [0.4, 0.5) is 19.4 Å². The van der Waals surface area contributed by atoms with Gasteiger partial charge in [0.15, 0.2) is 5.82 Å². The number of alkyl halides is 1. The molecule has 1 saturated carbocycles. The van der Waals surface area contributed by atoms with Gasteiger partial charge in [0.2, 0.25) is 0 Å². The quantitative estimate of drug-likeness (QED) is 0.271. The van der Waals surface area contributed by atoms with Crippen LogP contribution >= 0.6 is 0 Å². The fraction of sp³-hybridized carbons (Fsp3) is 0.471. The second kappa shape index (κ2) is 10.8.